The van der Waals surface area contributed by atoms with Gasteiger partial charge < -0.3 is 15.3 Å². The third-order valence-electron chi connectivity index (χ3n) is 0.939. The minimum atomic E-state index is -0.791. The second kappa shape index (κ2) is 2.65. The highest BCUT2D eigenvalue weighted by atomic mass is 16.7. The third-order valence-corrected chi connectivity index (χ3v) is 0.939. The molecule has 1 heterocycles. The summed E-state index contributed by atoms with van der Waals surface area (Å²) in [6.45, 7) is 1.51. The van der Waals surface area contributed by atoms with Crippen molar-refractivity contribution in [3.8, 4) is 0 Å². The van der Waals surface area contributed by atoms with E-state index in [1.807, 2.05) is 0 Å². The minimum absolute atomic E-state index is 0.322. The summed E-state index contributed by atoms with van der Waals surface area (Å²) < 4.78 is 4.85. The smallest absolute Gasteiger partial charge is 0.361 e. The Morgan fingerprint density at radius 3 is 3.00 bits per heavy atom. The van der Waals surface area contributed by atoms with Gasteiger partial charge in [-0.05, 0) is 0 Å². The zero-order chi connectivity index (χ0) is 6.69. The lowest BCUT2D eigenvalue weighted by atomic mass is 10.7. The van der Waals surface area contributed by atoms with Gasteiger partial charge >= 0.3 is 6.09 Å². The van der Waals surface area contributed by atoms with Crippen molar-refractivity contribution in [3.05, 3.63) is 0 Å². The molecule has 0 atom stereocenters. The first-order chi connectivity index (χ1) is 4.29. The fraction of sp³-hybridized carbons (Fsp3) is 0.750. The Hall–Kier alpha value is -0.810. The molecule has 52 valence electrons. The summed E-state index contributed by atoms with van der Waals surface area (Å²) in [4.78, 5) is 14.5. The van der Waals surface area contributed by atoms with Crippen molar-refractivity contribution in [2.75, 3.05) is 19.9 Å². The Morgan fingerprint density at radius 2 is 2.56 bits per heavy atom. The molecule has 0 aromatic carbocycles. The molecule has 1 fully saturated rings. The number of hydrogen-bond donors (Lipinski definition) is 1. The molecule has 0 spiro atoms. The van der Waals surface area contributed by atoms with Gasteiger partial charge in [-0.2, -0.15) is 0 Å². The molecule has 5 heteroatoms. The van der Waals surface area contributed by atoms with Crippen LogP contribution in [0, 0.1) is 0 Å². The summed E-state index contributed by atoms with van der Waals surface area (Å²) in [5.74, 6) is 0. The summed E-state index contributed by atoms with van der Waals surface area (Å²) in [5, 5.41) is 1.36. The maximum Gasteiger partial charge on any atom is 0.423 e. The van der Waals surface area contributed by atoms with E-state index >= 15 is 0 Å². The number of primary amides is 1. The van der Waals surface area contributed by atoms with Crippen LogP contribution in [-0.2, 0) is 9.57 Å². The topological polar surface area (TPSA) is 64.8 Å². The van der Waals surface area contributed by atoms with Gasteiger partial charge in [-0.1, -0.05) is 0 Å². The Kier molecular flexibility index (Phi) is 1.86. The van der Waals surface area contributed by atoms with Crippen molar-refractivity contribution >= 4 is 6.09 Å². The van der Waals surface area contributed by atoms with Crippen LogP contribution >= 0.6 is 0 Å². The molecule has 0 bridgehead atoms. The van der Waals surface area contributed by atoms with Crippen molar-refractivity contribution in [3.63, 3.8) is 0 Å². The first kappa shape index (κ1) is 6.31. The van der Waals surface area contributed by atoms with E-state index in [2.05, 4.69) is 4.84 Å². The van der Waals surface area contributed by atoms with Gasteiger partial charge in [0, 0.05) is 0 Å². The zero-order valence-corrected chi connectivity index (χ0v) is 4.87. The number of hydrogen-bond acceptors (Lipinski definition) is 4. The average molecular weight is 132 g/mol. The quantitative estimate of drug-likeness (QED) is 0.511. The van der Waals surface area contributed by atoms with Crippen LogP contribution < -0.4 is 5.73 Å². The summed E-state index contributed by atoms with van der Waals surface area (Å²) >= 11 is 0. The van der Waals surface area contributed by atoms with E-state index in [0.29, 0.717) is 19.9 Å². The number of hydroxylamine groups is 2. The van der Waals surface area contributed by atoms with E-state index in [9.17, 15) is 4.79 Å². The molecule has 0 aromatic rings. The molecule has 0 radical (unpaired) electrons. The van der Waals surface area contributed by atoms with E-state index in [1.54, 1.807) is 0 Å². The predicted molar refractivity (Wildman–Crippen MR) is 28.2 cm³/mol. The molecule has 0 saturated carbocycles. The van der Waals surface area contributed by atoms with Crippen LogP contribution in [-0.4, -0.2) is 31.0 Å². The fourth-order valence-electron chi connectivity index (χ4n) is 0.597. The van der Waals surface area contributed by atoms with Crippen LogP contribution in [0.2, 0.25) is 0 Å². The highest BCUT2D eigenvalue weighted by Gasteiger charge is 2.14. The molecule has 1 aliphatic rings. The number of amides is 1. The number of carbonyl (C=O) groups excluding carboxylic acids is 1. The van der Waals surface area contributed by atoms with Crippen molar-refractivity contribution in [1.82, 2.24) is 5.06 Å². The molecule has 0 aliphatic carbocycles. The maximum atomic E-state index is 10.1. The Labute approximate surface area is 52.3 Å². The van der Waals surface area contributed by atoms with Crippen LogP contribution in [0.3, 0.4) is 0 Å². The molecule has 0 unspecified atom stereocenters. The maximum absolute atomic E-state index is 10.1. The normalized spacial score (nSPS) is 20.0. The number of nitrogens with two attached hydrogens (primary N) is 1. The molecule has 1 saturated heterocycles. The van der Waals surface area contributed by atoms with Gasteiger partial charge in [-0.25, -0.2) is 4.79 Å². The van der Waals surface area contributed by atoms with Gasteiger partial charge in [0.15, 0.2) is 0 Å². The second-order valence-corrected chi connectivity index (χ2v) is 1.65. The van der Waals surface area contributed by atoms with Gasteiger partial charge in [0.05, 0.1) is 13.2 Å². The molecule has 1 rings (SSSR count). The van der Waals surface area contributed by atoms with Crippen molar-refractivity contribution in [2.24, 2.45) is 5.73 Å². The van der Waals surface area contributed by atoms with E-state index in [4.69, 9.17) is 10.5 Å². The van der Waals surface area contributed by atoms with Crippen LogP contribution in [0.15, 0.2) is 0 Å². The largest absolute Gasteiger partial charge is 0.423 e. The number of carbonyl (C=O) groups is 1. The van der Waals surface area contributed by atoms with E-state index in [0.717, 1.165) is 0 Å². The van der Waals surface area contributed by atoms with Gasteiger partial charge in [0.1, 0.15) is 6.73 Å². The lowest BCUT2D eigenvalue weighted by Crippen LogP contribution is -2.27. The standard InChI is InChI=1S/C4H8N2O3/c5-4(7)9-6-1-2-8-3-6/h1-3H2,(H2,5,7). The van der Waals surface area contributed by atoms with Crippen LogP contribution in [0.5, 0.6) is 0 Å². The lowest BCUT2D eigenvalue weighted by molar-refractivity contribution is -0.102. The third kappa shape index (κ3) is 1.87. The van der Waals surface area contributed by atoms with Gasteiger partial charge in [0.25, 0.3) is 0 Å². The Balaban J connectivity index is 2.19. The van der Waals surface area contributed by atoms with Gasteiger partial charge in [0.2, 0.25) is 0 Å². The van der Waals surface area contributed by atoms with Gasteiger partial charge in [-0.3, -0.25) is 0 Å². The summed E-state index contributed by atoms with van der Waals surface area (Å²) in [6.07, 6.45) is -0.791. The molecular formula is C4H8N2O3. The highest BCUT2D eigenvalue weighted by molar-refractivity contribution is 5.64. The summed E-state index contributed by atoms with van der Waals surface area (Å²) in [7, 11) is 0. The van der Waals surface area contributed by atoms with Crippen molar-refractivity contribution in [1.29, 1.82) is 0 Å². The lowest BCUT2D eigenvalue weighted by Gasteiger charge is -2.08. The molecule has 2 N–H and O–H groups in total. The molecule has 5 nitrogen and oxygen atoms in total. The van der Waals surface area contributed by atoms with Crippen LogP contribution in [0.25, 0.3) is 0 Å². The van der Waals surface area contributed by atoms with E-state index < -0.39 is 6.09 Å². The van der Waals surface area contributed by atoms with E-state index in [1.165, 1.54) is 5.06 Å². The molecular weight excluding hydrogens is 124 g/mol. The summed E-state index contributed by atoms with van der Waals surface area (Å²) in [5.41, 5.74) is 4.71. The fourth-order valence-corrected chi connectivity index (χ4v) is 0.597. The van der Waals surface area contributed by atoms with Crippen molar-refractivity contribution < 1.29 is 14.4 Å². The molecule has 1 amide bonds. The number of nitrogens with zero attached hydrogens (tertiary/aromatic N) is 1. The first-order valence-electron chi connectivity index (χ1n) is 2.59. The Morgan fingerprint density at radius 1 is 1.78 bits per heavy atom. The monoisotopic (exact) mass is 132 g/mol. The minimum Gasteiger partial charge on any atom is -0.361 e. The number of rotatable bonds is 1. The van der Waals surface area contributed by atoms with E-state index in [-0.39, 0.29) is 0 Å². The highest BCUT2D eigenvalue weighted by Crippen LogP contribution is 1.97. The SMILES string of the molecule is NC(=O)ON1CCOC1. The number of ether oxygens (including phenoxy) is 1. The second-order valence-electron chi connectivity index (χ2n) is 1.65. The first-order valence-corrected chi connectivity index (χ1v) is 2.59. The average Bonchev–Trinajstić information content (AvgIpc) is 2.15. The van der Waals surface area contributed by atoms with Crippen LogP contribution in [0.1, 0.15) is 0 Å². The van der Waals surface area contributed by atoms with Crippen LogP contribution in [0.4, 0.5) is 4.79 Å². The molecule has 9 heavy (non-hydrogen) atoms. The van der Waals surface area contributed by atoms with Crippen molar-refractivity contribution in [2.45, 2.75) is 0 Å². The predicted octanol–water partition coefficient (Wildman–Crippen LogP) is -0.714. The molecule has 0 aromatic heterocycles. The Bertz CT molecular complexity index is 110. The molecule has 1 aliphatic heterocycles. The zero-order valence-electron chi connectivity index (χ0n) is 4.87. The van der Waals surface area contributed by atoms with Gasteiger partial charge in [-0.15, -0.1) is 5.06 Å². The summed E-state index contributed by atoms with van der Waals surface area (Å²) in [6, 6.07) is 0.